The normalized spacial score (nSPS) is 10.4. The summed E-state index contributed by atoms with van der Waals surface area (Å²) in [4.78, 5) is 12.4. The van der Waals surface area contributed by atoms with Crippen LogP contribution in [-0.4, -0.2) is 64.8 Å². The summed E-state index contributed by atoms with van der Waals surface area (Å²) in [5, 5.41) is 21.4. The Morgan fingerprint density at radius 1 is 1.00 bits per heavy atom. The van der Waals surface area contributed by atoms with Crippen LogP contribution < -0.4 is 0 Å². The second-order valence-electron chi connectivity index (χ2n) is 3.29. The topological polar surface area (TPSA) is 108 Å². The lowest BCUT2D eigenvalue weighted by Gasteiger charge is -2.16. The molecule has 0 atom stereocenters. The Hall–Kier alpha value is -2.39. The van der Waals surface area contributed by atoms with E-state index in [1.807, 2.05) is 0 Å². The first-order valence-electron chi connectivity index (χ1n) is 4.99. The van der Waals surface area contributed by atoms with Crippen LogP contribution in [0.15, 0.2) is 12.7 Å². The summed E-state index contributed by atoms with van der Waals surface area (Å²) in [5.74, 6) is 0. The molecule has 0 N–H and O–H groups in total. The fourth-order valence-corrected chi connectivity index (χ4v) is 1.24. The van der Waals surface area contributed by atoms with Crippen molar-refractivity contribution < 1.29 is 4.79 Å². The molecular formula is C7H11N9O. The smallest absolute Gasteiger partial charge is 0.209 e. The molecule has 0 radical (unpaired) electrons. The molecule has 10 nitrogen and oxygen atoms in total. The van der Waals surface area contributed by atoms with Gasteiger partial charge in [0.15, 0.2) is 0 Å². The van der Waals surface area contributed by atoms with Gasteiger partial charge in [-0.15, -0.1) is 10.2 Å². The molecule has 0 aliphatic heterocycles. The van der Waals surface area contributed by atoms with E-state index in [2.05, 4.69) is 31.1 Å². The zero-order valence-corrected chi connectivity index (χ0v) is 8.99. The molecule has 1 amide bonds. The number of nitrogens with zero attached hydrogens (tertiary/aromatic N) is 9. The molecule has 0 aliphatic carbocycles. The minimum absolute atomic E-state index is 0.538. The number of rotatable bonds is 7. The minimum atomic E-state index is 0.538. The summed E-state index contributed by atoms with van der Waals surface area (Å²) >= 11 is 0. The van der Waals surface area contributed by atoms with Crippen molar-refractivity contribution in [3.8, 4) is 0 Å². The van der Waals surface area contributed by atoms with E-state index < -0.39 is 0 Å². The SMILES string of the molecule is O=CN(CCn1cnnn1)CCn1cnnn1. The minimum Gasteiger partial charge on any atom is -0.342 e. The molecule has 0 aliphatic rings. The Morgan fingerprint density at radius 2 is 1.53 bits per heavy atom. The van der Waals surface area contributed by atoms with Crippen LogP contribution in [0.3, 0.4) is 0 Å². The van der Waals surface area contributed by atoms with E-state index in [0.717, 1.165) is 6.41 Å². The Morgan fingerprint density at radius 3 is 1.88 bits per heavy atom. The van der Waals surface area contributed by atoms with Gasteiger partial charge in [0.1, 0.15) is 12.7 Å². The van der Waals surface area contributed by atoms with Crippen LogP contribution in [0, 0.1) is 0 Å². The average molecular weight is 237 g/mol. The van der Waals surface area contributed by atoms with Gasteiger partial charge in [-0.2, -0.15) is 0 Å². The first-order valence-corrected chi connectivity index (χ1v) is 4.99. The molecule has 10 heteroatoms. The molecule has 2 heterocycles. The third-order valence-electron chi connectivity index (χ3n) is 2.16. The molecule has 2 rings (SSSR count). The van der Waals surface area contributed by atoms with E-state index in [1.54, 1.807) is 14.3 Å². The first-order chi connectivity index (χ1) is 8.38. The molecule has 0 saturated carbocycles. The maximum absolute atomic E-state index is 10.8. The van der Waals surface area contributed by atoms with Crippen molar-refractivity contribution in [1.82, 2.24) is 45.3 Å². The Balaban J connectivity index is 1.75. The van der Waals surface area contributed by atoms with Crippen molar-refractivity contribution in [2.45, 2.75) is 13.1 Å². The highest BCUT2D eigenvalue weighted by Gasteiger charge is 2.03. The highest BCUT2D eigenvalue weighted by Crippen LogP contribution is 1.88. The van der Waals surface area contributed by atoms with Crippen LogP contribution in [0.25, 0.3) is 0 Å². The predicted octanol–water partition coefficient (Wildman–Crippen LogP) is -2.18. The molecule has 2 aromatic heterocycles. The lowest BCUT2D eigenvalue weighted by Crippen LogP contribution is -2.30. The van der Waals surface area contributed by atoms with Gasteiger partial charge in [-0.25, -0.2) is 9.36 Å². The lowest BCUT2D eigenvalue weighted by atomic mass is 10.5. The lowest BCUT2D eigenvalue weighted by molar-refractivity contribution is -0.118. The molecule has 0 aromatic carbocycles. The molecule has 0 bridgehead atoms. The Labute approximate surface area is 96.2 Å². The summed E-state index contributed by atoms with van der Waals surface area (Å²) in [7, 11) is 0. The van der Waals surface area contributed by atoms with Crippen molar-refractivity contribution in [2.24, 2.45) is 0 Å². The van der Waals surface area contributed by atoms with E-state index in [4.69, 9.17) is 0 Å². The highest BCUT2D eigenvalue weighted by molar-refractivity contribution is 5.46. The monoisotopic (exact) mass is 237 g/mol. The van der Waals surface area contributed by atoms with Crippen LogP contribution in [0.2, 0.25) is 0 Å². The summed E-state index contributed by atoms with van der Waals surface area (Å²) in [5.41, 5.74) is 0. The number of carbonyl (C=O) groups is 1. The van der Waals surface area contributed by atoms with E-state index in [9.17, 15) is 4.79 Å². The van der Waals surface area contributed by atoms with Crippen LogP contribution >= 0.6 is 0 Å². The number of carbonyl (C=O) groups excluding carboxylic acids is 1. The van der Waals surface area contributed by atoms with Crippen molar-refractivity contribution >= 4 is 6.41 Å². The summed E-state index contributed by atoms with van der Waals surface area (Å²) in [6.07, 6.45) is 3.80. The van der Waals surface area contributed by atoms with E-state index in [0.29, 0.717) is 26.2 Å². The van der Waals surface area contributed by atoms with Crippen molar-refractivity contribution in [1.29, 1.82) is 0 Å². The second kappa shape index (κ2) is 5.63. The van der Waals surface area contributed by atoms with Gasteiger partial charge in [-0.3, -0.25) is 4.79 Å². The van der Waals surface area contributed by atoms with Crippen molar-refractivity contribution in [3.63, 3.8) is 0 Å². The summed E-state index contributed by atoms with van der Waals surface area (Å²) in [6.45, 7) is 2.19. The maximum Gasteiger partial charge on any atom is 0.209 e. The Kier molecular flexibility index (Phi) is 3.68. The predicted molar refractivity (Wildman–Crippen MR) is 53.3 cm³/mol. The molecule has 17 heavy (non-hydrogen) atoms. The van der Waals surface area contributed by atoms with Gasteiger partial charge >= 0.3 is 0 Å². The van der Waals surface area contributed by atoms with Crippen molar-refractivity contribution in [2.75, 3.05) is 13.1 Å². The van der Waals surface area contributed by atoms with Gasteiger partial charge in [-0.05, 0) is 20.9 Å². The zero-order chi connectivity index (χ0) is 11.9. The highest BCUT2D eigenvalue weighted by atomic mass is 16.1. The van der Waals surface area contributed by atoms with Crippen LogP contribution in [0.1, 0.15) is 0 Å². The van der Waals surface area contributed by atoms with Crippen LogP contribution in [0.4, 0.5) is 0 Å². The van der Waals surface area contributed by atoms with E-state index >= 15 is 0 Å². The first kappa shape index (κ1) is 11.1. The largest absolute Gasteiger partial charge is 0.342 e. The average Bonchev–Trinajstić information content (AvgIpc) is 3.02. The van der Waals surface area contributed by atoms with Gasteiger partial charge in [0.25, 0.3) is 0 Å². The molecule has 2 aromatic rings. The molecular weight excluding hydrogens is 226 g/mol. The fourth-order valence-electron chi connectivity index (χ4n) is 1.24. The third-order valence-corrected chi connectivity index (χ3v) is 2.16. The number of hydrogen-bond acceptors (Lipinski definition) is 7. The van der Waals surface area contributed by atoms with Crippen LogP contribution in [-0.2, 0) is 17.9 Å². The van der Waals surface area contributed by atoms with Crippen molar-refractivity contribution in [3.05, 3.63) is 12.7 Å². The summed E-state index contributed by atoms with van der Waals surface area (Å²) in [6, 6.07) is 0. The van der Waals surface area contributed by atoms with Crippen LogP contribution in [0.5, 0.6) is 0 Å². The Bertz CT molecular complexity index is 386. The molecule has 0 fully saturated rings. The maximum atomic E-state index is 10.8. The third kappa shape index (κ3) is 3.29. The molecule has 0 saturated heterocycles. The summed E-state index contributed by atoms with van der Waals surface area (Å²) < 4.78 is 3.13. The standard InChI is InChI=1S/C7H11N9O/c17-7-14(1-3-15-5-8-10-12-15)2-4-16-6-9-11-13-16/h5-7H,1-4H2. The molecule has 0 unspecified atom stereocenters. The molecule has 0 spiro atoms. The zero-order valence-electron chi connectivity index (χ0n) is 8.99. The molecule has 90 valence electrons. The second-order valence-corrected chi connectivity index (χ2v) is 3.29. The van der Waals surface area contributed by atoms with Gasteiger partial charge in [-0.1, -0.05) is 0 Å². The quantitative estimate of drug-likeness (QED) is 0.503. The van der Waals surface area contributed by atoms with Gasteiger partial charge in [0, 0.05) is 13.1 Å². The van der Waals surface area contributed by atoms with Gasteiger partial charge in [0.2, 0.25) is 6.41 Å². The number of tetrazole rings is 2. The number of hydrogen-bond donors (Lipinski definition) is 0. The van der Waals surface area contributed by atoms with Gasteiger partial charge < -0.3 is 4.90 Å². The van der Waals surface area contributed by atoms with E-state index in [1.165, 1.54) is 12.7 Å². The van der Waals surface area contributed by atoms with Gasteiger partial charge in [0.05, 0.1) is 13.1 Å². The van der Waals surface area contributed by atoms with E-state index in [-0.39, 0.29) is 0 Å². The fraction of sp³-hybridized carbons (Fsp3) is 0.571. The number of aromatic nitrogens is 8. The number of amides is 1.